The molecule has 0 aliphatic heterocycles. The number of halogens is 1. The first kappa shape index (κ1) is 21.8. The van der Waals surface area contributed by atoms with Crippen LogP contribution >= 0.6 is 11.6 Å². The molecule has 1 N–H and O–H groups in total. The van der Waals surface area contributed by atoms with Gasteiger partial charge in [0, 0.05) is 16.8 Å². The molecule has 4 rings (SSSR count). The third kappa shape index (κ3) is 4.32. The number of fused-ring (bicyclic) bond motifs is 1. The van der Waals surface area contributed by atoms with E-state index in [1.165, 1.54) is 39.2 Å². The van der Waals surface area contributed by atoms with Crippen LogP contribution in [0.1, 0.15) is 18.4 Å². The summed E-state index contributed by atoms with van der Waals surface area (Å²) >= 11 is 5.93. The lowest BCUT2D eigenvalue weighted by Crippen LogP contribution is -2.31. The van der Waals surface area contributed by atoms with Crippen molar-refractivity contribution in [2.24, 2.45) is 0 Å². The summed E-state index contributed by atoms with van der Waals surface area (Å²) in [5.74, 6) is 1.04. The highest BCUT2D eigenvalue weighted by Crippen LogP contribution is 2.28. The van der Waals surface area contributed by atoms with Crippen molar-refractivity contribution in [3.63, 3.8) is 0 Å². The molecule has 2 aromatic carbocycles. The average molecular weight is 474 g/mol. The molecule has 0 amide bonds. The molecule has 2 aromatic heterocycles. The molecule has 0 bridgehead atoms. The Hall–Kier alpha value is -3.37. The molecule has 4 aromatic rings. The molecule has 9 nitrogen and oxygen atoms in total. The molecular weight excluding hydrogens is 454 g/mol. The molecule has 0 atom stereocenters. The van der Waals surface area contributed by atoms with E-state index in [0.29, 0.717) is 28.8 Å². The predicted molar refractivity (Wildman–Crippen MR) is 121 cm³/mol. The molecular formula is C21H20ClN5O4S. The lowest BCUT2D eigenvalue weighted by Gasteiger charge is -2.24. The highest BCUT2D eigenvalue weighted by molar-refractivity contribution is 7.92. The first-order valence-electron chi connectivity index (χ1n) is 9.74. The molecule has 11 heteroatoms. The van der Waals surface area contributed by atoms with E-state index in [4.69, 9.17) is 16.3 Å². The van der Waals surface area contributed by atoms with Crippen LogP contribution < -0.4 is 14.6 Å². The number of sulfonamides is 1. The van der Waals surface area contributed by atoms with Gasteiger partial charge in [0.15, 0.2) is 0 Å². The molecule has 0 saturated heterocycles. The minimum absolute atomic E-state index is 0.0676. The van der Waals surface area contributed by atoms with Crippen LogP contribution in [0.4, 0.5) is 5.69 Å². The highest BCUT2D eigenvalue weighted by Gasteiger charge is 2.27. The van der Waals surface area contributed by atoms with Gasteiger partial charge in [-0.2, -0.15) is 9.50 Å². The second kappa shape index (κ2) is 8.64. The number of aromatic amines is 1. The molecule has 166 valence electrons. The lowest BCUT2D eigenvalue weighted by atomic mass is 10.3. The third-order valence-corrected chi connectivity index (χ3v) is 6.68. The van der Waals surface area contributed by atoms with Crippen LogP contribution in [0.25, 0.3) is 5.78 Å². The summed E-state index contributed by atoms with van der Waals surface area (Å²) in [6.45, 7) is 3.89. The van der Waals surface area contributed by atoms with E-state index in [0.717, 1.165) is 0 Å². The smallest absolute Gasteiger partial charge is 0.274 e. The van der Waals surface area contributed by atoms with Gasteiger partial charge in [0.25, 0.3) is 21.4 Å². The van der Waals surface area contributed by atoms with E-state index in [1.807, 2.05) is 6.92 Å². The Morgan fingerprint density at radius 2 is 1.78 bits per heavy atom. The Bertz CT molecular complexity index is 1410. The summed E-state index contributed by atoms with van der Waals surface area (Å²) in [5, 5.41) is 3.26. The summed E-state index contributed by atoms with van der Waals surface area (Å²) in [5.41, 5.74) is 0.588. The van der Waals surface area contributed by atoms with Gasteiger partial charge in [-0.15, -0.1) is 0 Å². The number of benzene rings is 2. The number of aryl methyl sites for hydroxylation is 1. The fraction of sp³-hybridized carbons (Fsp3) is 0.190. The maximum absolute atomic E-state index is 13.5. The standard InChI is InChI=1S/C21H20ClN5O4S/c1-3-31-17-8-6-16(7-9-17)26(32(29,30)18-10-4-15(22)5-11-18)13-19-24-21-23-14(2)12-20(28)27(21)25-19/h4-12H,3,13H2,1-2H3,(H,23,24,25). The first-order chi connectivity index (χ1) is 15.3. The maximum atomic E-state index is 13.5. The van der Waals surface area contributed by atoms with Gasteiger partial charge in [-0.05, 0) is 62.4 Å². The topological polar surface area (TPSA) is 110 Å². The second-order valence-electron chi connectivity index (χ2n) is 6.93. The number of nitrogens with one attached hydrogen (secondary N) is 1. The van der Waals surface area contributed by atoms with Gasteiger partial charge in [-0.25, -0.2) is 13.4 Å². The molecule has 0 radical (unpaired) electrons. The fourth-order valence-electron chi connectivity index (χ4n) is 3.17. The molecule has 0 fully saturated rings. The van der Waals surface area contributed by atoms with Crippen LogP contribution in [0.2, 0.25) is 5.02 Å². The van der Waals surface area contributed by atoms with Crippen molar-refractivity contribution < 1.29 is 13.2 Å². The number of hydrogen-bond donors (Lipinski definition) is 1. The zero-order valence-electron chi connectivity index (χ0n) is 17.3. The number of ether oxygens (including phenoxy) is 1. The monoisotopic (exact) mass is 473 g/mol. The number of aromatic nitrogens is 4. The predicted octanol–water partition coefficient (Wildman–Crippen LogP) is 3.17. The van der Waals surface area contributed by atoms with Crippen molar-refractivity contribution in [1.82, 2.24) is 19.6 Å². The van der Waals surface area contributed by atoms with Crippen molar-refractivity contribution in [3.05, 3.63) is 81.5 Å². The molecule has 32 heavy (non-hydrogen) atoms. The molecule has 0 spiro atoms. The van der Waals surface area contributed by atoms with Crippen molar-refractivity contribution in [2.45, 2.75) is 25.3 Å². The van der Waals surface area contributed by atoms with E-state index < -0.39 is 10.0 Å². The van der Waals surface area contributed by atoms with Gasteiger partial charge >= 0.3 is 0 Å². The number of rotatable bonds is 7. The van der Waals surface area contributed by atoms with E-state index in [-0.39, 0.29) is 28.6 Å². The lowest BCUT2D eigenvalue weighted by molar-refractivity contribution is 0.340. The van der Waals surface area contributed by atoms with E-state index in [2.05, 4.69) is 15.1 Å². The van der Waals surface area contributed by atoms with Gasteiger partial charge in [0.2, 0.25) is 0 Å². The van der Waals surface area contributed by atoms with Crippen LogP contribution in [-0.2, 0) is 16.6 Å². The van der Waals surface area contributed by atoms with Crippen molar-refractivity contribution in [1.29, 1.82) is 0 Å². The van der Waals surface area contributed by atoms with Gasteiger partial charge in [0.05, 0.1) is 23.7 Å². The Morgan fingerprint density at radius 3 is 2.44 bits per heavy atom. The summed E-state index contributed by atoms with van der Waals surface area (Å²) in [6.07, 6.45) is 0. The van der Waals surface area contributed by atoms with Gasteiger partial charge < -0.3 is 4.74 Å². The van der Waals surface area contributed by atoms with Crippen LogP contribution in [0.15, 0.2) is 64.3 Å². The first-order valence-corrected chi connectivity index (χ1v) is 11.6. The largest absolute Gasteiger partial charge is 0.494 e. The van der Waals surface area contributed by atoms with Crippen LogP contribution in [0.3, 0.4) is 0 Å². The molecule has 0 saturated carbocycles. The van der Waals surface area contributed by atoms with Crippen molar-refractivity contribution >= 4 is 33.1 Å². The highest BCUT2D eigenvalue weighted by atomic mass is 35.5. The zero-order valence-corrected chi connectivity index (χ0v) is 18.9. The van der Waals surface area contributed by atoms with E-state index in [9.17, 15) is 13.2 Å². The van der Waals surface area contributed by atoms with Crippen molar-refractivity contribution in [2.75, 3.05) is 10.9 Å². The quantitative estimate of drug-likeness (QED) is 0.441. The Balaban J connectivity index is 1.79. The number of anilines is 1. The number of hydrogen-bond acceptors (Lipinski definition) is 6. The minimum atomic E-state index is -3.98. The normalized spacial score (nSPS) is 11.6. The SMILES string of the molecule is CCOc1ccc(N(Cc2nc3nc(C)cc(=O)n3[nH]2)S(=O)(=O)c2ccc(Cl)cc2)cc1. The number of H-pyrrole nitrogens is 1. The van der Waals surface area contributed by atoms with Gasteiger partial charge in [-0.3, -0.25) is 14.2 Å². The summed E-state index contributed by atoms with van der Waals surface area (Å²) in [7, 11) is -3.98. The van der Waals surface area contributed by atoms with Crippen LogP contribution in [-0.4, -0.2) is 34.6 Å². The zero-order chi connectivity index (χ0) is 22.9. The Morgan fingerprint density at radius 1 is 1.09 bits per heavy atom. The van der Waals surface area contributed by atoms with Gasteiger partial charge in [0.1, 0.15) is 11.6 Å². The van der Waals surface area contributed by atoms with Gasteiger partial charge in [-0.1, -0.05) is 11.6 Å². The maximum Gasteiger partial charge on any atom is 0.274 e. The Labute approximate surface area is 189 Å². The second-order valence-corrected chi connectivity index (χ2v) is 9.23. The molecule has 0 unspecified atom stereocenters. The summed E-state index contributed by atoms with van der Waals surface area (Å²) < 4.78 is 34.9. The number of nitrogens with zero attached hydrogens (tertiary/aromatic N) is 4. The van der Waals surface area contributed by atoms with E-state index >= 15 is 0 Å². The molecule has 2 heterocycles. The van der Waals surface area contributed by atoms with Crippen LogP contribution in [0, 0.1) is 6.92 Å². The fourth-order valence-corrected chi connectivity index (χ4v) is 4.72. The van der Waals surface area contributed by atoms with Crippen molar-refractivity contribution in [3.8, 4) is 5.75 Å². The summed E-state index contributed by atoms with van der Waals surface area (Å²) in [4.78, 5) is 20.8. The minimum Gasteiger partial charge on any atom is -0.494 e. The molecule has 0 aliphatic rings. The third-order valence-electron chi connectivity index (χ3n) is 4.64. The van der Waals surface area contributed by atoms with E-state index in [1.54, 1.807) is 31.2 Å². The Kier molecular flexibility index (Phi) is 5.90. The average Bonchev–Trinajstić information content (AvgIpc) is 3.16. The molecule has 0 aliphatic carbocycles. The van der Waals surface area contributed by atoms with Crippen LogP contribution in [0.5, 0.6) is 5.75 Å². The summed E-state index contributed by atoms with van der Waals surface area (Å²) in [6, 6.07) is 13.9.